The largest absolute Gasteiger partial charge is 0.472 e. The second-order valence-corrected chi connectivity index (χ2v) is 9.29. The molecule has 11 heteroatoms. The number of carbonyl (C=O) groups is 1. The minimum Gasteiger partial charge on any atom is -0.467 e. The summed E-state index contributed by atoms with van der Waals surface area (Å²) in [6, 6.07) is 8.71. The van der Waals surface area contributed by atoms with Gasteiger partial charge in [-0.2, -0.15) is 0 Å². The number of H-pyrrole nitrogens is 1. The van der Waals surface area contributed by atoms with Gasteiger partial charge in [-0.3, -0.25) is 4.79 Å². The molecule has 0 saturated carbocycles. The van der Waals surface area contributed by atoms with Crippen molar-refractivity contribution in [2.75, 3.05) is 13.3 Å². The summed E-state index contributed by atoms with van der Waals surface area (Å²) >= 11 is 12.4. The molecule has 1 amide bonds. The predicted molar refractivity (Wildman–Crippen MR) is 117 cm³/mol. The van der Waals surface area contributed by atoms with Gasteiger partial charge in [-0.15, -0.1) is 0 Å². The quantitative estimate of drug-likeness (QED) is 0.364. The van der Waals surface area contributed by atoms with E-state index in [1.54, 1.807) is 17.9 Å². The van der Waals surface area contributed by atoms with Crippen molar-refractivity contribution < 1.29 is 28.4 Å². The molecule has 2 aromatic carbocycles. The molecule has 0 aliphatic carbocycles. The maximum absolute atomic E-state index is 13.1. The molecule has 0 fully saturated rings. The molecule has 164 valence electrons. The SMILES string of the molecule is Cc1c(Cl)cc(C(=O)N2CCc3c([nH]c4ccc(Cl)cc34)C2)cc1OCOP(=O)(O)O. The van der Waals surface area contributed by atoms with Crippen molar-refractivity contribution in [3.63, 3.8) is 0 Å². The first-order valence-electron chi connectivity index (χ1n) is 9.33. The Morgan fingerprint density at radius 2 is 2.03 bits per heavy atom. The van der Waals surface area contributed by atoms with Crippen LogP contribution in [-0.4, -0.2) is 38.9 Å². The van der Waals surface area contributed by atoms with Crippen LogP contribution in [0.2, 0.25) is 10.0 Å². The van der Waals surface area contributed by atoms with E-state index in [1.807, 2.05) is 18.2 Å². The van der Waals surface area contributed by atoms with Gasteiger partial charge in [0.15, 0.2) is 6.79 Å². The maximum Gasteiger partial charge on any atom is 0.472 e. The van der Waals surface area contributed by atoms with Crippen molar-refractivity contribution in [3.8, 4) is 5.75 Å². The molecule has 1 aromatic heterocycles. The zero-order chi connectivity index (χ0) is 22.3. The van der Waals surface area contributed by atoms with Gasteiger partial charge in [0, 0.05) is 44.3 Å². The molecule has 3 N–H and O–H groups in total. The molecule has 3 aromatic rings. The van der Waals surface area contributed by atoms with Crippen molar-refractivity contribution in [1.29, 1.82) is 0 Å². The van der Waals surface area contributed by atoms with Crippen molar-refractivity contribution in [1.82, 2.24) is 9.88 Å². The second-order valence-electron chi connectivity index (χ2n) is 7.21. The van der Waals surface area contributed by atoms with Crippen molar-refractivity contribution in [2.45, 2.75) is 19.9 Å². The molecule has 8 nitrogen and oxygen atoms in total. The lowest BCUT2D eigenvalue weighted by Crippen LogP contribution is -2.35. The highest BCUT2D eigenvalue weighted by molar-refractivity contribution is 7.46. The highest BCUT2D eigenvalue weighted by Crippen LogP contribution is 2.36. The van der Waals surface area contributed by atoms with E-state index < -0.39 is 14.6 Å². The third-order valence-corrected chi connectivity index (χ3v) is 6.27. The van der Waals surface area contributed by atoms with Crippen LogP contribution in [0.15, 0.2) is 30.3 Å². The number of fused-ring (bicyclic) bond motifs is 3. The Morgan fingerprint density at radius 3 is 2.77 bits per heavy atom. The Kier molecular flexibility index (Phi) is 6.05. The van der Waals surface area contributed by atoms with E-state index in [9.17, 15) is 9.36 Å². The minimum atomic E-state index is -4.67. The first kappa shape index (κ1) is 22.1. The number of amides is 1. The van der Waals surface area contributed by atoms with E-state index in [0.717, 1.165) is 22.2 Å². The third-order valence-electron chi connectivity index (χ3n) is 5.20. The zero-order valence-electron chi connectivity index (χ0n) is 16.4. The van der Waals surface area contributed by atoms with E-state index in [4.69, 9.17) is 37.7 Å². The molecule has 31 heavy (non-hydrogen) atoms. The van der Waals surface area contributed by atoms with Crippen LogP contribution < -0.4 is 4.74 Å². The van der Waals surface area contributed by atoms with Gasteiger partial charge in [0.2, 0.25) is 0 Å². The number of phosphoric ester groups is 1. The number of nitrogens with zero attached hydrogens (tertiary/aromatic N) is 1. The fraction of sp³-hybridized carbons (Fsp3) is 0.250. The number of phosphoric acid groups is 1. The van der Waals surface area contributed by atoms with Crippen LogP contribution in [0.25, 0.3) is 10.9 Å². The van der Waals surface area contributed by atoms with Crippen molar-refractivity contribution in [2.24, 2.45) is 0 Å². The summed E-state index contributed by atoms with van der Waals surface area (Å²) in [6.07, 6.45) is 0.681. The number of aromatic amines is 1. The third kappa shape index (κ3) is 4.75. The summed E-state index contributed by atoms with van der Waals surface area (Å²) in [5, 5.41) is 2.03. The molecule has 0 unspecified atom stereocenters. The highest BCUT2D eigenvalue weighted by Gasteiger charge is 2.26. The lowest BCUT2D eigenvalue weighted by molar-refractivity contribution is 0.0723. The predicted octanol–water partition coefficient (Wildman–Crippen LogP) is 4.43. The standard InChI is InChI=1S/C20H19Cl2N2O6P/c1-11-16(22)6-12(7-19(11)29-10-30-31(26,27)28)20(25)24-5-4-14-15-8-13(21)2-3-17(15)23-18(14)9-24/h2-3,6-8,23H,4-5,9-10H2,1H3,(H2,26,27,28). The number of hydrogen-bond donors (Lipinski definition) is 3. The van der Waals surface area contributed by atoms with E-state index in [-0.39, 0.29) is 11.7 Å². The Labute approximate surface area is 187 Å². The summed E-state index contributed by atoms with van der Waals surface area (Å²) in [6.45, 7) is 1.92. The van der Waals surface area contributed by atoms with Crippen LogP contribution in [0.1, 0.15) is 27.2 Å². The Bertz CT molecular complexity index is 1220. The number of carbonyl (C=O) groups excluding carboxylic acids is 1. The van der Waals surface area contributed by atoms with Crippen LogP contribution in [0, 0.1) is 6.92 Å². The van der Waals surface area contributed by atoms with Gasteiger partial charge in [-0.1, -0.05) is 23.2 Å². The van der Waals surface area contributed by atoms with Crippen LogP contribution >= 0.6 is 31.0 Å². The number of aromatic nitrogens is 1. The molecule has 4 rings (SSSR count). The fourth-order valence-electron chi connectivity index (χ4n) is 3.65. The van der Waals surface area contributed by atoms with Crippen molar-refractivity contribution >= 4 is 47.8 Å². The van der Waals surface area contributed by atoms with Gasteiger partial charge in [0.25, 0.3) is 5.91 Å². The molecular formula is C20H19Cl2N2O6P. The van der Waals surface area contributed by atoms with Crippen LogP contribution in [0.3, 0.4) is 0 Å². The zero-order valence-corrected chi connectivity index (χ0v) is 18.8. The number of rotatable bonds is 5. The molecular weight excluding hydrogens is 466 g/mol. The molecule has 0 saturated heterocycles. The Hall–Kier alpha value is -2.06. The molecule has 0 spiro atoms. The van der Waals surface area contributed by atoms with E-state index in [2.05, 4.69) is 9.51 Å². The molecule has 1 aliphatic heterocycles. The lowest BCUT2D eigenvalue weighted by atomic mass is 10.0. The van der Waals surface area contributed by atoms with Crippen molar-refractivity contribution in [3.05, 3.63) is 62.8 Å². The smallest absolute Gasteiger partial charge is 0.467 e. The summed E-state index contributed by atoms with van der Waals surface area (Å²) in [7, 11) is -4.67. The van der Waals surface area contributed by atoms with Gasteiger partial charge in [-0.25, -0.2) is 9.09 Å². The van der Waals surface area contributed by atoms with Gasteiger partial charge in [-0.05, 0) is 49.2 Å². The Balaban J connectivity index is 1.56. The van der Waals surface area contributed by atoms with Crippen LogP contribution in [0.5, 0.6) is 5.75 Å². The summed E-state index contributed by atoms with van der Waals surface area (Å²) < 4.78 is 20.4. The normalized spacial score (nSPS) is 14.0. The lowest BCUT2D eigenvalue weighted by Gasteiger charge is -2.27. The summed E-state index contributed by atoms with van der Waals surface area (Å²) in [4.78, 5) is 35.8. The molecule has 0 bridgehead atoms. The average molecular weight is 485 g/mol. The Morgan fingerprint density at radius 1 is 1.26 bits per heavy atom. The molecule has 0 atom stereocenters. The fourth-order valence-corrected chi connectivity index (χ4v) is 4.23. The average Bonchev–Trinajstić information content (AvgIpc) is 3.06. The first-order valence-corrected chi connectivity index (χ1v) is 11.6. The molecule has 2 heterocycles. The number of halogens is 2. The maximum atomic E-state index is 13.1. The van der Waals surface area contributed by atoms with Crippen LogP contribution in [-0.2, 0) is 22.1 Å². The molecule has 1 aliphatic rings. The van der Waals surface area contributed by atoms with Crippen LogP contribution in [0.4, 0.5) is 0 Å². The van der Waals surface area contributed by atoms with Gasteiger partial charge < -0.3 is 24.4 Å². The topological polar surface area (TPSA) is 112 Å². The van der Waals surface area contributed by atoms with E-state index >= 15 is 0 Å². The monoisotopic (exact) mass is 484 g/mol. The van der Waals surface area contributed by atoms with E-state index in [0.29, 0.717) is 40.7 Å². The number of hydrogen-bond acceptors (Lipinski definition) is 4. The van der Waals surface area contributed by atoms with Gasteiger partial charge in [0.1, 0.15) is 5.75 Å². The summed E-state index contributed by atoms with van der Waals surface area (Å²) in [5.41, 5.74) is 3.93. The first-order chi connectivity index (χ1) is 14.6. The van der Waals surface area contributed by atoms with Gasteiger partial charge in [0.05, 0.1) is 6.54 Å². The van der Waals surface area contributed by atoms with Gasteiger partial charge >= 0.3 is 7.82 Å². The number of benzene rings is 2. The number of nitrogens with one attached hydrogen (secondary N) is 1. The molecule has 0 radical (unpaired) electrons. The van der Waals surface area contributed by atoms with E-state index in [1.165, 1.54) is 6.07 Å². The highest BCUT2D eigenvalue weighted by atomic mass is 35.5. The summed E-state index contributed by atoms with van der Waals surface area (Å²) in [5.74, 6) is -0.0211. The minimum absolute atomic E-state index is 0.210. The number of ether oxygens (including phenoxy) is 1. The second kappa shape index (κ2) is 8.47.